The predicted octanol–water partition coefficient (Wildman–Crippen LogP) is 4.50. The van der Waals surface area contributed by atoms with Gasteiger partial charge < -0.3 is 5.32 Å². The molecular formula is C22H23FN2O. The fourth-order valence-electron chi connectivity index (χ4n) is 4.39. The van der Waals surface area contributed by atoms with Crippen molar-refractivity contribution in [3.63, 3.8) is 0 Å². The topological polar surface area (TPSA) is 42.0 Å². The van der Waals surface area contributed by atoms with E-state index in [1.165, 1.54) is 17.2 Å². The first-order chi connectivity index (χ1) is 12.6. The largest absolute Gasteiger partial charge is 0.359 e. The number of hydrogen-bond donors (Lipinski definition) is 1. The minimum atomic E-state index is -0.235. The van der Waals surface area contributed by atoms with Crippen LogP contribution in [-0.2, 0) is 4.79 Å². The van der Waals surface area contributed by atoms with Crippen LogP contribution in [0.2, 0.25) is 0 Å². The number of allylic oxidation sites excluding steroid dienone is 4. The van der Waals surface area contributed by atoms with Crippen LogP contribution >= 0.6 is 0 Å². The molecule has 0 saturated carbocycles. The average Bonchev–Trinajstić information content (AvgIpc) is 3.09. The summed E-state index contributed by atoms with van der Waals surface area (Å²) in [6, 6.07) is 6.74. The third-order valence-electron chi connectivity index (χ3n) is 5.94. The molecule has 1 N–H and O–H groups in total. The quantitative estimate of drug-likeness (QED) is 0.886. The zero-order valence-electron chi connectivity index (χ0n) is 15.1. The number of aromatic nitrogens is 1. The van der Waals surface area contributed by atoms with Crippen LogP contribution in [0.1, 0.15) is 31.7 Å². The zero-order chi connectivity index (χ0) is 18.3. The molecule has 3 nitrogen and oxygen atoms in total. The first-order valence-corrected chi connectivity index (χ1v) is 9.23. The van der Waals surface area contributed by atoms with Crippen LogP contribution < -0.4 is 5.32 Å². The second-order valence-corrected chi connectivity index (χ2v) is 7.43. The van der Waals surface area contributed by atoms with Gasteiger partial charge in [-0.25, -0.2) is 4.39 Å². The number of halogens is 1. The molecule has 3 unspecified atom stereocenters. The van der Waals surface area contributed by atoms with Gasteiger partial charge in [0.1, 0.15) is 5.82 Å². The molecule has 4 heteroatoms. The van der Waals surface area contributed by atoms with Crippen LogP contribution in [0.5, 0.6) is 0 Å². The number of amides is 1. The van der Waals surface area contributed by atoms with Gasteiger partial charge in [0.15, 0.2) is 0 Å². The Morgan fingerprint density at radius 1 is 1.35 bits per heavy atom. The van der Waals surface area contributed by atoms with E-state index >= 15 is 0 Å². The molecule has 0 fully saturated rings. The van der Waals surface area contributed by atoms with E-state index in [0.29, 0.717) is 11.8 Å². The molecule has 0 radical (unpaired) electrons. The van der Waals surface area contributed by atoms with E-state index in [2.05, 4.69) is 22.5 Å². The lowest BCUT2D eigenvalue weighted by Crippen LogP contribution is -2.32. The zero-order valence-corrected chi connectivity index (χ0v) is 15.1. The molecule has 0 aliphatic heterocycles. The van der Waals surface area contributed by atoms with Crippen molar-refractivity contribution in [2.75, 3.05) is 7.05 Å². The summed E-state index contributed by atoms with van der Waals surface area (Å²) in [6.07, 6.45) is 9.25. The fraction of sp³-hybridized carbons (Fsp3) is 0.364. The molecule has 0 spiro atoms. The van der Waals surface area contributed by atoms with Crippen molar-refractivity contribution >= 4 is 22.4 Å². The number of pyridine rings is 1. The van der Waals surface area contributed by atoms with Gasteiger partial charge in [0, 0.05) is 24.5 Å². The number of rotatable bonds is 3. The van der Waals surface area contributed by atoms with E-state index in [-0.39, 0.29) is 17.6 Å². The molecule has 2 aliphatic carbocycles. The molecule has 3 atom stereocenters. The second kappa shape index (κ2) is 6.67. The van der Waals surface area contributed by atoms with Crippen LogP contribution in [0.15, 0.2) is 48.2 Å². The summed E-state index contributed by atoms with van der Waals surface area (Å²) in [5, 5.41) is 3.64. The molecule has 2 aliphatic rings. The molecule has 0 bridgehead atoms. The number of fused-ring (bicyclic) bond motifs is 2. The third-order valence-corrected chi connectivity index (χ3v) is 5.94. The Hall–Kier alpha value is -2.49. The Balaban J connectivity index is 1.60. The van der Waals surface area contributed by atoms with Crippen molar-refractivity contribution in [2.45, 2.75) is 26.2 Å². The highest BCUT2D eigenvalue weighted by atomic mass is 19.1. The lowest BCUT2D eigenvalue weighted by molar-refractivity contribution is -0.125. The Bertz CT molecular complexity index is 931. The molecule has 1 heterocycles. The maximum absolute atomic E-state index is 13.8. The maximum atomic E-state index is 13.8. The summed E-state index contributed by atoms with van der Waals surface area (Å²) >= 11 is 0. The van der Waals surface area contributed by atoms with Crippen molar-refractivity contribution in [1.29, 1.82) is 0 Å². The summed E-state index contributed by atoms with van der Waals surface area (Å²) in [6.45, 7) is 2.02. The van der Waals surface area contributed by atoms with Crippen LogP contribution in [-0.4, -0.2) is 17.9 Å². The Kier molecular flexibility index (Phi) is 4.35. The molecule has 1 aromatic carbocycles. The standard InChI is InChI=1S/C22H23FN2O/c1-13(22(26)24-2)14-3-4-15-10-17(11-16(15)9-14)19-7-8-25-21-6-5-18(23)12-20(19)21/h4-8,10,12-14,16H,3,9,11H2,1-2H3,(H,24,26). The Morgan fingerprint density at radius 3 is 3.00 bits per heavy atom. The summed E-state index contributed by atoms with van der Waals surface area (Å²) in [5.74, 6) is 0.739. The van der Waals surface area contributed by atoms with Gasteiger partial charge in [0.2, 0.25) is 5.91 Å². The summed E-state index contributed by atoms with van der Waals surface area (Å²) in [4.78, 5) is 16.3. The van der Waals surface area contributed by atoms with Gasteiger partial charge in [-0.2, -0.15) is 0 Å². The number of hydrogen-bond acceptors (Lipinski definition) is 2. The van der Waals surface area contributed by atoms with Gasteiger partial charge in [-0.3, -0.25) is 9.78 Å². The molecule has 4 rings (SSSR count). The molecule has 0 saturated heterocycles. The van der Waals surface area contributed by atoms with Crippen molar-refractivity contribution < 1.29 is 9.18 Å². The van der Waals surface area contributed by atoms with E-state index in [9.17, 15) is 9.18 Å². The smallest absolute Gasteiger partial charge is 0.222 e. The Morgan fingerprint density at radius 2 is 2.19 bits per heavy atom. The normalized spacial score (nSPS) is 23.2. The molecular weight excluding hydrogens is 327 g/mol. The maximum Gasteiger partial charge on any atom is 0.222 e. The molecule has 134 valence electrons. The van der Waals surface area contributed by atoms with Crippen molar-refractivity contribution in [2.24, 2.45) is 17.8 Å². The Labute approximate surface area is 153 Å². The molecule has 2 aromatic rings. The highest BCUT2D eigenvalue weighted by molar-refractivity contribution is 5.93. The SMILES string of the molecule is CNC(=O)C(C)C1CC=C2C=C(c3ccnc4ccc(F)cc34)CC2C1. The number of benzene rings is 1. The average molecular weight is 350 g/mol. The first-order valence-electron chi connectivity index (χ1n) is 9.23. The second-order valence-electron chi connectivity index (χ2n) is 7.43. The highest BCUT2D eigenvalue weighted by Gasteiger charge is 2.33. The lowest BCUT2D eigenvalue weighted by atomic mass is 9.76. The number of nitrogens with one attached hydrogen (secondary N) is 1. The van der Waals surface area contributed by atoms with Crippen molar-refractivity contribution in [3.05, 3.63) is 59.6 Å². The molecule has 1 amide bonds. The van der Waals surface area contributed by atoms with Crippen LogP contribution in [0.25, 0.3) is 16.5 Å². The van der Waals surface area contributed by atoms with Crippen LogP contribution in [0.3, 0.4) is 0 Å². The summed E-state index contributed by atoms with van der Waals surface area (Å²) in [5.41, 5.74) is 4.50. The monoisotopic (exact) mass is 350 g/mol. The van der Waals surface area contributed by atoms with E-state index in [0.717, 1.165) is 35.7 Å². The molecule has 26 heavy (non-hydrogen) atoms. The van der Waals surface area contributed by atoms with E-state index < -0.39 is 0 Å². The van der Waals surface area contributed by atoms with E-state index in [4.69, 9.17) is 0 Å². The van der Waals surface area contributed by atoms with Gasteiger partial charge in [-0.05, 0) is 72.1 Å². The molecule has 1 aromatic heterocycles. The summed E-state index contributed by atoms with van der Waals surface area (Å²) < 4.78 is 13.8. The van der Waals surface area contributed by atoms with E-state index in [1.807, 2.05) is 13.0 Å². The van der Waals surface area contributed by atoms with Gasteiger partial charge >= 0.3 is 0 Å². The van der Waals surface area contributed by atoms with Gasteiger partial charge in [0.05, 0.1) is 5.52 Å². The highest BCUT2D eigenvalue weighted by Crippen LogP contribution is 2.45. The number of nitrogens with zero attached hydrogens (tertiary/aromatic N) is 1. The van der Waals surface area contributed by atoms with Gasteiger partial charge in [-0.15, -0.1) is 0 Å². The minimum Gasteiger partial charge on any atom is -0.359 e. The third kappa shape index (κ3) is 2.94. The predicted molar refractivity (Wildman–Crippen MR) is 102 cm³/mol. The van der Waals surface area contributed by atoms with Crippen molar-refractivity contribution in [1.82, 2.24) is 10.3 Å². The number of carbonyl (C=O) groups is 1. The van der Waals surface area contributed by atoms with Gasteiger partial charge in [-0.1, -0.05) is 19.1 Å². The lowest BCUT2D eigenvalue weighted by Gasteiger charge is -2.29. The van der Waals surface area contributed by atoms with Crippen LogP contribution in [0, 0.1) is 23.6 Å². The van der Waals surface area contributed by atoms with Gasteiger partial charge in [0.25, 0.3) is 0 Å². The summed E-state index contributed by atoms with van der Waals surface area (Å²) in [7, 11) is 1.70. The minimum absolute atomic E-state index is 0.0256. The van der Waals surface area contributed by atoms with Crippen molar-refractivity contribution in [3.8, 4) is 0 Å². The van der Waals surface area contributed by atoms with E-state index in [1.54, 1.807) is 25.4 Å². The van der Waals surface area contributed by atoms with Crippen LogP contribution in [0.4, 0.5) is 4.39 Å². The fourth-order valence-corrected chi connectivity index (χ4v) is 4.39. The first kappa shape index (κ1) is 17.0. The number of carbonyl (C=O) groups excluding carboxylic acids is 1.